The van der Waals surface area contributed by atoms with Gasteiger partial charge >= 0.3 is 0 Å². The largest absolute Gasteiger partial charge is 0.451 e. The third kappa shape index (κ3) is 3.87. The number of amides is 1. The molecule has 1 heterocycles. The number of carbonyl (C=O) groups excluding carboxylic acids is 1. The van der Waals surface area contributed by atoms with Crippen molar-refractivity contribution in [3.05, 3.63) is 83.6 Å². The van der Waals surface area contributed by atoms with E-state index in [1.165, 1.54) is 24.3 Å². The molecule has 5 heteroatoms. The molecule has 0 bridgehead atoms. The van der Waals surface area contributed by atoms with Gasteiger partial charge in [-0.15, -0.1) is 0 Å². The highest BCUT2D eigenvalue weighted by molar-refractivity contribution is 5.92. The molecule has 0 spiro atoms. The number of halogens is 2. The summed E-state index contributed by atoms with van der Waals surface area (Å²) in [5, 5.41) is 2.75. The van der Waals surface area contributed by atoms with Crippen LogP contribution in [0.25, 0.3) is 11.3 Å². The van der Waals surface area contributed by atoms with E-state index in [0.717, 1.165) is 5.56 Å². The molecule has 0 unspecified atom stereocenters. The Balaban J connectivity index is 1.57. The molecule has 0 saturated heterocycles. The van der Waals surface area contributed by atoms with Gasteiger partial charge in [0.05, 0.1) is 0 Å². The molecule has 3 rings (SSSR count). The van der Waals surface area contributed by atoms with Crippen LogP contribution in [0.3, 0.4) is 0 Å². The van der Waals surface area contributed by atoms with Crippen LogP contribution >= 0.6 is 0 Å². The van der Waals surface area contributed by atoms with Crippen molar-refractivity contribution in [1.82, 2.24) is 5.32 Å². The van der Waals surface area contributed by atoms with E-state index >= 15 is 0 Å². The van der Waals surface area contributed by atoms with E-state index in [-0.39, 0.29) is 23.3 Å². The van der Waals surface area contributed by atoms with Gasteiger partial charge in [0.15, 0.2) is 5.76 Å². The summed E-state index contributed by atoms with van der Waals surface area (Å²) in [6.07, 6.45) is 0.595. The molecule has 2 aromatic carbocycles. The fourth-order valence-electron chi connectivity index (χ4n) is 2.29. The smallest absolute Gasteiger partial charge is 0.287 e. The second kappa shape index (κ2) is 7.08. The summed E-state index contributed by atoms with van der Waals surface area (Å²) in [5.41, 5.74) is 1.63. The van der Waals surface area contributed by atoms with E-state index in [9.17, 15) is 13.6 Å². The highest BCUT2D eigenvalue weighted by Gasteiger charge is 2.11. The second-order valence-electron chi connectivity index (χ2n) is 5.30. The maximum absolute atomic E-state index is 12.9. The van der Waals surface area contributed by atoms with Crippen LogP contribution in [0.2, 0.25) is 0 Å². The van der Waals surface area contributed by atoms with Gasteiger partial charge < -0.3 is 9.73 Å². The molecule has 3 nitrogen and oxygen atoms in total. The van der Waals surface area contributed by atoms with Crippen molar-refractivity contribution in [3.63, 3.8) is 0 Å². The Morgan fingerprint density at radius 1 is 0.875 bits per heavy atom. The molecule has 0 aliphatic rings. The van der Waals surface area contributed by atoms with Gasteiger partial charge in [-0.3, -0.25) is 4.79 Å². The van der Waals surface area contributed by atoms with E-state index in [0.29, 0.717) is 24.3 Å². The number of furan rings is 1. The first kappa shape index (κ1) is 15.9. The molecule has 0 saturated carbocycles. The van der Waals surface area contributed by atoms with Gasteiger partial charge in [0.2, 0.25) is 0 Å². The lowest BCUT2D eigenvalue weighted by Gasteiger charge is -2.04. The van der Waals surface area contributed by atoms with Crippen molar-refractivity contribution in [3.8, 4) is 11.3 Å². The Labute approximate surface area is 137 Å². The van der Waals surface area contributed by atoms with Crippen molar-refractivity contribution < 1.29 is 18.0 Å². The summed E-state index contributed by atoms with van der Waals surface area (Å²) in [6, 6.07) is 15.2. The van der Waals surface area contributed by atoms with Gasteiger partial charge in [-0.25, -0.2) is 8.78 Å². The zero-order valence-electron chi connectivity index (χ0n) is 12.8. The quantitative estimate of drug-likeness (QED) is 0.763. The monoisotopic (exact) mass is 327 g/mol. The molecule has 1 N–H and O–H groups in total. The first-order valence-electron chi connectivity index (χ1n) is 7.50. The third-order valence-corrected chi connectivity index (χ3v) is 3.57. The summed E-state index contributed by atoms with van der Waals surface area (Å²) in [5.74, 6) is -0.256. The van der Waals surface area contributed by atoms with Gasteiger partial charge in [-0.1, -0.05) is 12.1 Å². The van der Waals surface area contributed by atoms with Crippen LogP contribution in [0, 0.1) is 11.6 Å². The van der Waals surface area contributed by atoms with Crippen LogP contribution in [-0.4, -0.2) is 12.5 Å². The van der Waals surface area contributed by atoms with Crippen molar-refractivity contribution in [2.75, 3.05) is 6.54 Å². The molecule has 122 valence electrons. The van der Waals surface area contributed by atoms with E-state index in [1.807, 2.05) is 0 Å². The Bertz CT molecular complexity index is 823. The molecule has 0 aliphatic heterocycles. The first-order valence-corrected chi connectivity index (χ1v) is 7.50. The fraction of sp³-hybridized carbons (Fsp3) is 0.105. The standard InChI is InChI=1S/C19H15F2NO2/c20-15-5-1-13(2-6-15)11-12-22-19(23)18-10-9-17(24-18)14-3-7-16(21)8-4-14/h1-10H,11-12H2,(H,22,23). The lowest BCUT2D eigenvalue weighted by molar-refractivity contribution is 0.0927. The van der Waals surface area contributed by atoms with Crippen molar-refractivity contribution in [1.29, 1.82) is 0 Å². The number of carbonyl (C=O) groups is 1. The molecule has 24 heavy (non-hydrogen) atoms. The Morgan fingerprint density at radius 3 is 2.17 bits per heavy atom. The molecule has 0 aliphatic carbocycles. The SMILES string of the molecule is O=C(NCCc1ccc(F)cc1)c1ccc(-c2ccc(F)cc2)o1. The second-order valence-corrected chi connectivity index (χ2v) is 5.30. The normalized spacial score (nSPS) is 10.6. The minimum absolute atomic E-state index is 0.188. The molecular weight excluding hydrogens is 312 g/mol. The average Bonchev–Trinajstić information content (AvgIpc) is 3.07. The Hall–Kier alpha value is -2.95. The van der Waals surface area contributed by atoms with Gasteiger partial charge in [0.25, 0.3) is 5.91 Å². The van der Waals surface area contributed by atoms with E-state index in [2.05, 4.69) is 5.32 Å². The van der Waals surface area contributed by atoms with Gasteiger partial charge in [0, 0.05) is 12.1 Å². The number of rotatable bonds is 5. The molecule has 1 amide bonds. The molecule has 1 aromatic heterocycles. The summed E-state index contributed by atoms with van der Waals surface area (Å²) in [7, 11) is 0. The summed E-state index contributed by atoms with van der Waals surface area (Å²) in [6.45, 7) is 0.414. The Kier molecular flexibility index (Phi) is 4.70. The van der Waals surface area contributed by atoms with E-state index < -0.39 is 0 Å². The van der Waals surface area contributed by atoms with Crippen molar-refractivity contribution >= 4 is 5.91 Å². The predicted octanol–water partition coefficient (Wildman–Crippen LogP) is 4.20. The van der Waals surface area contributed by atoms with Gasteiger partial charge in [0.1, 0.15) is 17.4 Å². The fourth-order valence-corrected chi connectivity index (χ4v) is 2.29. The van der Waals surface area contributed by atoms with Crippen LogP contribution in [-0.2, 0) is 6.42 Å². The highest BCUT2D eigenvalue weighted by Crippen LogP contribution is 2.22. The maximum atomic E-state index is 12.9. The number of benzene rings is 2. The molecular formula is C19H15F2NO2. The minimum Gasteiger partial charge on any atom is -0.451 e. The zero-order chi connectivity index (χ0) is 16.9. The van der Waals surface area contributed by atoms with E-state index in [1.54, 1.807) is 36.4 Å². The lowest BCUT2D eigenvalue weighted by Crippen LogP contribution is -2.25. The van der Waals surface area contributed by atoms with Gasteiger partial charge in [-0.2, -0.15) is 0 Å². The van der Waals surface area contributed by atoms with Crippen molar-refractivity contribution in [2.24, 2.45) is 0 Å². The molecule has 0 radical (unpaired) electrons. The molecule has 3 aromatic rings. The van der Waals surface area contributed by atoms with Crippen LogP contribution in [0.15, 0.2) is 65.1 Å². The van der Waals surface area contributed by atoms with Crippen LogP contribution < -0.4 is 5.32 Å². The predicted molar refractivity (Wildman–Crippen MR) is 86.5 cm³/mol. The summed E-state index contributed by atoms with van der Waals surface area (Å²) < 4.78 is 31.2. The van der Waals surface area contributed by atoms with Crippen LogP contribution in [0.5, 0.6) is 0 Å². The number of nitrogens with one attached hydrogen (secondary N) is 1. The third-order valence-electron chi connectivity index (χ3n) is 3.57. The van der Waals surface area contributed by atoms with Crippen LogP contribution in [0.4, 0.5) is 8.78 Å². The van der Waals surface area contributed by atoms with Gasteiger partial charge in [-0.05, 0) is 60.5 Å². The van der Waals surface area contributed by atoms with Crippen LogP contribution in [0.1, 0.15) is 16.1 Å². The summed E-state index contributed by atoms with van der Waals surface area (Å²) >= 11 is 0. The number of hydrogen-bond donors (Lipinski definition) is 1. The maximum Gasteiger partial charge on any atom is 0.287 e. The highest BCUT2D eigenvalue weighted by atomic mass is 19.1. The molecule has 0 atom stereocenters. The Morgan fingerprint density at radius 2 is 1.50 bits per heavy atom. The number of hydrogen-bond acceptors (Lipinski definition) is 2. The molecule has 0 fully saturated rings. The van der Waals surface area contributed by atoms with Crippen molar-refractivity contribution in [2.45, 2.75) is 6.42 Å². The minimum atomic E-state index is -0.330. The topological polar surface area (TPSA) is 42.2 Å². The lowest BCUT2D eigenvalue weighted by atomic mass is 10.1. The average molecular weight is 327 g/mol. The summed E-state index contributed by atoms with van der Waals surface area (Å²) in [4.78, 5) is 12.1. The zero-order valence-corrected chi connectivity index (χ0v) is 12.8. The van der Waals surface area contributed by atoms with E-state index in [4.69, 9.17) is 4.42 Å². The first-order chi connectivity index (χ1) is 11.6.